The minimum absolute atomic E-state index is 0.205. The van der Waals surface area contributed by atoms with Gasteiger partial charge in [0, 0.05) is 17.5 Å². The Balaban J connectivity index is 1.66. The highest BCUT2D eigenvalue weighted by atomic mass is 32.1. The minimum atomic E-state index is -0.449. The molecule has 0 bridgehead atoms. The zero-order valence-corrected chi connectivity index (χ0v) is 11.5. The number of hydrogen-bond acceptors (Lipinski definition) is 5. The Morgan fingerprint density at radius 2 is 2.20 bits per heavy atom. The van der Waals surface area contributed by atoms with Gasteiger partial charge in [0.05, 0.1) is 6.61 Å². The highest BCUT2D eigenvalue weighted by molar-refractivity contribution is 7.07. The van der Waals surface area contributed by atoms with E-state index >= 15 is 0 Å². The van der Waals surface area contributed by atoms with Gasteiger partial charge in [0.15, 0.2) is 0 Å². The van der Waals surface area contributed by atoms with Crippen molar-refractivity contribution in [3.05, 3.63) is 52.4 Å². The first-order valence-electron chi connectivity index (χ1n) is 6.19. The number of furan rings is 1. The maximum absolute atomic E-state index is 11.9. The van der Waals surface area contributed by atoms with Crippen LogP contribution in [0.25, 0.3) is 11.0 Å². The van der Waals surface area contributed by atoms with Crippen LogP contribution in [0.2, 0.25) is 0 Å². The summed E-state index contributed by atoms with van der Waals surface area (Å²) in [5.41, 5.74) is 8.12. The molecular formula is C15H13NO3S. The van der Waals surface area contributed by atoms with Crippen molar-refractivity contribution in [1.82, 2.24) is 0 Å². The van der Waals surface area contributed by atoms with Crippen molar-refractivity contribution in [2.75, 3.05) is 12.3 Å². The van der Waals surface area contributed by atoms with Crippen molar-refractivity contribution >= 4 is 34.0 Å². The molecule has 102 valence electrons. The van der Waals surface area contributed by atoms with E-state index in [-0.39, 0.29) is 5.76 Å². The lowest BCUT2D eigenvalue weighted by Crippen LogP contribution is -2.06. The SMILES string of the molecule is Nc1ccc2oc(C(=O)OCCc3ccsc3)cc2c1. The second kappa shape index (κ2) is 5.38. The Kier molecular flexibility index (Phi) is 3.43. The average molecular weight is 287 g/mol. The highest BCUT2D eigenvalue weighted by Crippen LogP contribution is 2.22. The molecule has 0 radical (unpaired) electrons. The summed E-state index contributed by atoms with van der Waals surface area (Å²) in [6.07, 6.45) is 0.711. The molecule has 0 saturated carbocycles. The van der Waals surface area contributed by atoms with Crippen LogP contribution in [0, 0.1) is 0 Å². The van der Waals surface area contributed by atoms with E-state index in [1.54, 1.807) is 35.6 Å². The van der Waals surface area contributed by atoms with E-state index in [1.807, 2.05) is 16.8 Å². The molecule has 2 heterocycles. The number of anilines is 1. The molecule has 0 atom stereocenters. The molecule has 3 rings (SSSR count). The second-order valence-corrected chi connectivity index (χ2v) is 5.21. The molecule has 0 unspecified atom stereocenters. The first-order valence-corrected chi connectivity index (χ1v) is 7.14. The molecule has 0 aliphatic carbocycles. The summed E-state index contributed by atoms with van der Waals surface area (Å²) in [5.74, 6) is -0.245. The van der Waals surface area contributed by atoms with Gasteiger partial charge in [0.25, 0.3) is 0 Å². The standard InChI is InChI=1S/C15H13NO3S/c16-12-1-2-13-11(7-12)8-14(19-13)15(17)18-5-3-10-4-6-20-9-10/h1-2,4,6-9H,3,5,16H2. The fourth-order valence-electron chi connectivity index (χ4n) is 1.93. The molecule has 1 aromatic carbocycles. The van der Waals surface area contributed by atoms with E-state index in [2.05, 4.69) is 0 Å². The summed E-state index contributed by atoms with van der Waals surface area (Å²) in [5, 5.41) is 4.84. The minimum Gasteiger partial charge on any atom is -0.459 e. The van der Waals surface area contributed by atoms with E-state index in [4.69, 9.17) is 14.9 Å². The average Bonchev–Trinajstić information content (AvgIpc) is 3.06. The molecule has 0 amide bonds. The molecule has 2 N–H and O–H groups in total. The fraction of sp³-hybridized carbons (Fsp3) is 0.133. The maximum atomic E-state index is 11.9. The zero-order chi connectivity index (χ0) is 13.9. The number of nitrogen functional groups attached to an aromatic ring is 1. The number of fused-ring (bicyclic) bond motifs is 1. The summed E-state index contributed by atoms with van der Waals surface area (Å²) in [6.45, 7) is 0.342. The van der Waals surface area contributed by atoms with Crippen molar-refractivity contribution in [2.45, 2.75) is 6.42 Å². The van der Waals surface area contributed by atoms with Crippen molar-refractivity contribution in [1.29, 1.82) is 0 Å². The van der Waals surface area contributed by atoms with Crippen LogP contribution >= 0.6 is 11.3 Å². The van der Waals surface area contributed by atoms with Gasteiger partial charge in [-0.05, 0) is 46.7 Å². The van der Waals surface area contributed by atoms with Gasteiger partial charge in [-0.15, -0.1) is 0 Å². The number of carbonyl (C=O) groups is 1. The van der Waals surface area contributed by atoms with Gasteiger partial charge in [-0.1, -0.05) is 0 Å². The Hall–Kier alpha value is -2.27. The molecule has 0 fully saturated rings. The number of ether oxygens (including phenoxy) is 1. The lowest BCUT2D eigenvalue weighted by atomic mass is 10.2. The topological polar surface area (TPSA) is 65.5 Å². The molecule has 4 nitrogen and oxygen atoms in total. The Labute approximate surface area is 119 Å². The number of nitrogens with two attached hydrogens (primary N) is 1. The predicted octanol–water partition coefficient (Wildman–Crippen LogP) is 3.48. The van der Waals surface area contributed by atoms with Gasteiger partial charge in [0.1, 0.15) is 5.58 Å². The first kappa shape index (κ1) is 12.7. The highest BCUT2D eigenvalue weighted by Gasteiger charge is 2.13. The largest absolute Gasteiger partial charge is 0.459 e. The monoisotopic (exact) mass is 287 g/mol. The molecule has 0 aliphatic heterocycles. The van der Waals surface area contributed by atoms with Gasteiger partial charge < -0.3 is 14.9 Å². The number of rotatable bonds is 4. The molecule has 20 heavy (non-hydrogen) atoms. The molecule has 3 aromatic rings. The third-order valence-corrected chi connectivity index (χ3v) is 3.68. The number of hydrogen-bond donors (Lipinski definition) is 1. The third-order valence-electron chi connectivity index (χ3n) is 2.95. The van der Waals surface area contributed by atoms with Gasteiger partial charge in [-0.3, -0.25) is 0 Å². The fourth-order valence-corrected chi connectivity index (χ4v) is 2.63. The number of thiophene rings is 1. The summed E-state index contributed by atoms with van der Waals surface area (Å²) >= 11 is 1.63. The van der Waals surface area contributed by atoms with Crippen LogP contribution in [0.1, 0.15) is 16.1 Å². The van der Waals surface area contributed by atoms with E-state index in [9.17, 15) is 4.79 Å². The summed E-state index contributed by atoms with van der Waals surface area (Å²) in [4.78, 5) is 11.9. The van der Waals surface area contributed by atoms with Crippen molar-refractivity contribution in [3.8, 4) is 0 Å². The summed E-state index contributed by atoms with van der Waals surface area (Å²) in [7, 11) is 0. The zero-order valence-electron chi connectivity index (χ0n) is 10.7. The predicted molar refractivity (Wildman–Crippen MR) is 78.9 cm³/mol. The van der Waals surface area contributed by atoms with E-state index in [0.29, 0.717) is 24.3 Å². The van der Waals surface area contributed by atoms with Crippen molar-refractivity contribution < 1.29 is 13.9 Å². The number of carbonyl (C=O) groups excluding carboxylic acids is 1. The maximum Gasteiger partial charge on any atom is 0.374 e. The van der Waals surface area contributed by atoms with Crippen LogP contribution in [-0.4, -0.2) is 12.6 Å². The van der Waals surface area contributed by atoms with Gasteiger partial charge in [-0.25, -0.2) is 4.79 Å². The first-order chi connectivity index (χ1) is 9.72. The van der Waals surface area contributed by atoms with E-state index in [0.717, 1.165) is 5.39 Å². The van der Waals surface area contributed by atoms with Crippen LogP contribution in [0.3, 0.4) is 0 Å². The lowest BCUT2D eigenvalue weighted by Gasteiger charge is -2.00. The van der Waals surface area contributed by atoms with Gasteiger partial charge in [0.2, 0.25) is 5.76 Å². The van der Waals surface area contributed by atoms with E-state index in [1.165, 1.54) is 5.56 Å². The van der Waals surface area contributed by atoms with Gasteiger partial charge >= 0.3 is 5.97 Å². The number of benzene rings is 1. The normalized spacial score (nSPS) is 10.8. The quantitative estimate of drug-likeness (QED) is 0.589. The summed E-state index contributed by atoms with van der Waals surface area (Å²) < 4.78 is 10.6. The second-order valence-electron chi connectivity index (χ2n) is 4.43. The summed E-state index contributed by atoms with van der Waals surface area (Å²) in [6, 6.07) is 8.91. The van der Waals surface area contributed by atoms with Crippen molar-refractivity contribution in [3.63, 3.8) is 0 Å². The molecule has 5 heteroatoms. The van der Waals surface area contributed by atoms with Crippen LogP contribution in [-0.2, 0) is 11.2 Å². The Bertz CT molecular complexity index is 731. The van der Waals surface area contributed by atoms with Crippen LogP contribution in [0.15, 0.2) is 45.5 Å². The smallest absolute Gasteiger partial charge is 0.374 e. The third kappa shape index (κ3) is 2.67. The Morgan fingerprint density at radius 1 is 1.30 bits per heavy atom. The van der Waals surface area contributed by atoms with Crippen LogP contribution < -0.4 is 5.73 Å². The number of esters is 1. The molecule has 0 spiro atoms. The molecule has 2 aromatic heterocycles. The molecule has 0 aliphatic rings. The Morgan fingerprint density at radius 3 is 3.00 bits per heavy atom. The lowest BCUT2D eigenvalue weighted by molar-refractivity contribution is 0.0475. The van der Waals surface area contributed by atoms with Crippen LogP contribution in [0.4, 0.5) is 5.69 Å². The van der Waals surface area contributed by atoms with Crippen LogP contribution in [0.5, 0.6) is 0 Å². The molecule has 0 saturated heterocycles. The van der Waals surface area contributed by atoms with Crippen molar-refractivity contribution in [2.24, 2.45) is 0 Å². The van der Waals surface area contributed by atoms with Gasteiger partial charge in [-0.2, -0.15) is 11.3 Å². The van der Waals surface area contributed by atoms with E-state index < -0.39 is 5.97 Å². The molecular weight excluding hydrogens is 274 g/mol.